The van der Waals surface area contributed by atoms with Crippen molar-refractivity contribution in [2.45, 2.75) is 6.42 Å². The average Bonchev–Trinajstić information content (AvgIpc) is 2.95. The summed E-state index contributed by atoms with van der Waals surface area (Å²) < 4.78 is 25.9. The van der Waals surface area contributed by atoms with Gasteiger partial charge in [-0.15, -0.1) is 0 Å². The van der Waals surface area contributed by atoms with Crippen LogP contribution in [-0.4, -0.2) is 33.0 Å². The van der Waals surface area contributed by atoms with Gasteiger partial charge in [0.05, 0.1) is 17.9 Å². The van der Waals surface area contributed by atoms with Gasteiger partial charge in [0.1, 0.15) is 0 Å². The number of sulfonamides is 1. The molecule has 2 aromatic rings. The van der Waals surface area contributed by atoms with Crippen LogP contribution in [0.5, 0.6) is 0 Å². The molecule has 3 rings (SSSR count). The lowest BCUT2D eigenvalue weighted by molar-refractivity contribution is -0.122. The van der Waals surface area contributed by atoms with Gasteiger partial charge in [-0.3, -0.25) is 14.3 Å². The summed E-state index contributed by atoms with van der Waals surface area (Å²) in [5.41, 5.74) is 1.56. The predicted octanol–water partition coefficient (Wildman–Crippen LogP) is 2.81. The summed E-state index contributed by atoms with van der Waals surface area (Å²) in [6.07, 6.45) is 1.18. The number of halogens is 1. The fourth-order valence-corrected chi connectivity index (χ4v) is 3.84. The molecule has 0 radical (unpaired) electrons. The van der Waals surface area contributed by atoms with Crippen LogP contribution in [0.15, 0.2) is 53.0 Å². The number of rotatable bonds is 5. The first-order chi connectivity index (χ1) is 12.7. The fraction of sp³-hybridized carbons (Fsp3) is 0.222. The summed E-state index contributed by atoms with van der Waals surface area (Å²) in [6.45, 7) is 0.294. The Morgan fingerprint density at radius 2 is 1.85 bits per heavy atom. The molecule has 1 atom stereocenters. The molecule has 0 spiro atoms. The third kappa shape index (κ3) is 5.08. The highest BCUT2D eigenvalue weighted by molar-refractivity contribution is 9.10. The molecule has 27 heavy (non-hydrogen) atoms. The molecule has 142 valence electrons. The summed E-state index contributed by atoms with van der Waals surface area (Å²) in [5, 5.41) is 2.75. The zero-order chi connectivity index (χ0) is 19.6. The van der Waals surface area contributed by atoms with E-state index in [4.69, 9.17) is 0 Å². The van der Waals surface area contributed by atoms with Gasteiger partial charge in [-0.25, -0.2) is 8.42 Å². The first-order valence-electron chi connectivity index (χ1n) is 8.16. The van der Waals surface area contributed by atoms with E-state index in [0.29, 0.717) is 17.9 Å². The van der Waals surface area contributed by atoms with E-state index in [9.17, 15) is 18.0 Å². The molecule has 0 aromatic heterocycles. The normalized spacial score (nSPS) is 17.0. The number of amides is 2. The maximum atomic E-state index is 12.6. The second-order valence-corrected chi connectivity index (χ2v) is 8.99. The van der Waals surface area contributed by atoms with Crippen LogP contribution in [0.4, 0.5) is 17.1 Å². The summed E-state index contributed by atoms with van der Waals surface area (Å²) in [4.78, 5) is 26.5. The van der Waals surface area contributed by atoms with E-state index in [1.54, 1.807) is 23.1 Å². The maximum Gasteiger partial charge on any atom is 0.229 e. The van der Waals surface area contributed by atoms with Gasteiger partial charge in [0.25, 0.3) is 0 Å². The van der Waals surface area contributed by atoms with Crippen LogP contribution in [0.25, 0.3) is 0 Å². The van der Waals surface area contributed by atoms with E-state index < -0.39 is 15.9 Å². The number of nitrogens with zero attached hydrogens (tertiary/aromatic N) is 1. The molecular weight excluding hydrogens is 434 g/mol. The van der Waals surface area contributed by atoms with Crippen LogP contribution in [0.1, 0.15) is 6.42 Å². The highest BCUT2D eigenvalue weighted by Crippen LogP contribution is 2.28. The van der Waals surface area contributed by atoms with Gasteiger partial charge in [-0.2, -0.15) is 0 Å². The second-order valence-electron chi connectivity index (χ2n) is 6.33. The van der Waals surface area contributed by atoms with E-state index >= 15 is 0 Å². The summed E-state index contributed by atoms with van der Waals surface area (Å²) in [6, 6.07) is 13.8. The number of carbonyl (C=O) groups excluding carboxylic acids is 2. The number of carbonyl (C=O) groups is 2. The van der Waals surface area contributed by atoms with Crippen molar-refractivity contribution < 1.29 is 18.0 Å². The number of nitrogens with one attached hydrogen (secondary N) is 2. The molecule has 1 aliphatic heterocycles. The molecular formula is C18H18BrN3O4S. The van der Waals surface area contributed by atoms with E-state index in [1.165, 1.54) is 6.07 Å². The lowest BCUT2D eigenvalue weighted by atomic mass is 10.1. The van der Waals surface area contributed by atoms with Gasteiger partial charge in [-0.05, 0) is 36.4 Å². The standard InChI is InChI=1S/C18H18BrN3O4S/c1-27(25,26)21-15-6-3-5-14(10-15)20-18(24)12-8-17(23)22(11-12)16-7-2-4-13(19)9-16/h2-7,9-10,12,21H,8,11H2,1H3,(H,20,24)/t12-/m1/s1. The molecule has 2 N–H and O–H groups in total. The van der Waals surface area contributed by atoms with Crippen molar-refractivity contribution in [1.82, 2.24) is 0 Å². The molecule has 1 aliphatic rings. The lowest BCUT2D eigenvalue weighted by Crippen LogP contribution is -2.28. The highest BCUT2D eigenvalue weighted by Gasteiger charge is 2.35. The van der Waals surface area contributed by atoms with Gasteiger partial charge in [-0.1, -0.05) is 28.1 Å². The Hall–Kier alpha value is -2.39. The first-order valence-corrected chi connectivity index (χ1v) is 10.8. The Morgan fingerprint density at radius 1 is 1.15 bits per heavy atom. The van der Waals surface area contributed by atoms with Gasteiger partial charge in [0.2, 0.25) is 21.8 Å². The molecule has 7 nitrogen and oxygen atoms in total. The summed E-state index contributed by atoms with van der Waals surface area (Å²) in [7, 11) is -3.40. The fourth-order valence-electron chi connectivity index (χ4n) is 2.90. The Labute approximate surface area is 165 Å². The van der Waals surface area contributed by atoms with Crippen molar-refractivity contribution in [3.8, 4) is 0 Å². The van der Waals surface area contributed by atoms with E-state index in [0.717, 1.165) is 16.4 Å². The van der Waals surface area contributed by atoms with Crippen LogP contribution in [0.3, 0.4) is 0 Å². The Morgan fingerprint density at radius 3 is 2.56 bits per heavy atom. The summed E-state index contributed by atoms with van der Waals surface area (Å²) >= 11 is 3.38. The third-order valence-electron chi connectivity index (χ3n) is 4.05. The number of anilines is 3. The molecule has 1 fully saturated rings. The number of hydrogen-bond acceptors (Lipinski definition) is 4. The van der Waals surface area contributed by atoms with Crippen molar-refractivity contribution in [3.05, 3.63) is 53.0 Å². The largest absolute Gasteiger partial charge is 0.326 e. The van der Waals surface area contributed by atoms with Crippen LogP contribution in [0, 0.1) is 5.92 Å². The minimum atomic E-state index is -3.40. The molecule has 2 aromatic carbocycles. The van der Waals surface area contributed by atoms with E-state index in [2.05, 4.69) is 26.0 Å². The maximum absolute atomic E-state index is 12.6. The van der Waals surface area contributed by atoms with Crippen LogP contribution in [0.2, 0.25) is 0 Å². The third-order valence-corrected chi connectivity index (χ3v) is 5.15. The highest BCUT2D eigenvalue weighted by atomic mass is 79.9. The van der Waals surface area contributed by atoms with Crippen LogP contribution < -0.4 is 14.9 Å². The van der Waals surface area contributed by atoms with Crippen molar-refractivity contribution in [2.24, 2.45) is 5.92 Å². The molecule has 9 heteroatoms. The predicted molar refractivity (Wildman–Crippen MR) is 108 cm³/mol. The van der Waals surface area contributed by atoms with E-state index in [1.807, 2.05) is 24.3 Å². The molecule has 1 heterocycles. The zero-order valence-electron chi connectivity index (χ0n) is 14.5. The van der Waals surface area contributed by atoms with Crippen molar-refractivity contribution in [1.29, 1.82) is 0 Å². The monoisotopic (exact) mass is 451 g/mol. The molecule has 0 bridgehead atoms. The minimum absolute atomic E-state index is 0.110. The van der Waals surface area contributed by atoms with Gasteiger partial charge < -0.3 is 10.2 Å². The zero-order valence-corrected chi connectivity index (χ0v) is 16.9. The Bertz CT molecular complexity index is 994. The lowest BCUT2D eigenvalue weighted by Gasteiger charge is -2.17. The smallest absolute Gasteiger partial charge is 0.229 e. The SMILES string of the molecule is CS(=O)(=O)Nc1cccc(NC(=O)[C@@H]2CC(=O)N(c3cccc(Br)c3)C2)c1. The summed E-state index contributed by atoms with van der Waals surface area (Å²) in [5.74, 6) is -0.874. The van der Waals surface area contributed by atoms with Gasteiger partial charge >= 0.3 is 0 Å². The van der Waals surface area contributed by atoms with Crippen molar-refractivity contribution in [3.63, 3.8) is 0 Å². The molecule has 1 saturated heterocycles. The first kappa shape index (κ1) is 19.4. The Kier molecular flexibility index (Phi) is 5.52. The molecule has 2 amide bonds. The van der Waals surface area contributed by atoms with Gasteiger partial charge in [0, 0.05) is 28.8 Å². The Balaban J connectivity index is 1.69. The minimum Gasteiger partial charge on any atom is -0.326 e. The van der Waals surface area contributed by atoms with Crippen LogP contribution in [-0.2, 0) is 19.6 Å². The molecule has 0 saturated carbocycles. The van der Waals surface area contributed by atoms with Gasteiger partial charge in [0.15, 0.2) is 0 Å². The van der Waals surface area contributed by atoms with Crippen LogP contribution >= 0.6 is 15.9 Å². The average molecular weight is 452 g/mol. The number of benzene rings is 2. The molecule has 0 aliphatic carbocycles. The van der Waals surface area contributed by atoms with Crippen molar-refractivity contribution >= 4 is 54.8 Å². The topological polar surface area (TPSA) is 95.6 Å². The molecule has 0 unspecified atom stereocenters. The van der Waals surface area contributed by atoms with E-state index in [-0.39, 0.29) is 18.2 Å². The van der Waals surface area contributed by atoms with Crippen molar-refractivity contribution in [2.75, 3.05) is 27.7 Å². The second kappa shape index (κ2) is 7.69. The quantitative estimate of drug-likeness (QED) is 0.730. The number of hydrogen-bond donors (Lipinski definition) is 2.